The largest absolute Gasteiger partial charge is 0.508 e. The van der Waals surface area contributed by atoms with Crippen molar-refractivity contribution in [2.45, 2.75) is 58.8 Å². The second-order valence-electron chi connectivity index (χ2n) is 7.66. The van der Waals surface area contributed by atoms with Crippen LogP contribution in [0.5, 0.6) is 5.75 Å². The first kappa shape index (κ1) is 13.9. The highest BCUT2D eigenvalue weighted by molar-refractivity contribution is 5.95. The van der Waals surface area contributed by atoms with Crippen molar-refractivity contribution in [1.82, 2.24) is 0 Å². The highest BCUT2D eigenvalue weighted by Crippen LogP contribution is 2.52. The SMILES string of the molecule is C[C@@H]1CCC2=C(CCCC2(C)C)c2c1oc1ccc(O)cc21. The molecule has 1 aromatic heterocycles. The lowest BCUT2D eigenvalue weighted by Crippen LogP contribution is -2.20. The van der Waals surface area contributed by atoms with Crippen LogP contribution in [-0.4, -0.2) is 5.11 Å². The summed E-state index contributed by atoms with van der Waals surface area (Å²) in [6.45, 7) is 7.04. The van der Waals surface area contributed by atoms with E-state index in [9.17, 15) is 5.11 Å². The molecule has 0 bridgehead atoms. The van der Waals surface area contributed by atoms with Crippen LogP contribution < -0.4 is 0 Å². The van der Waals surface area contributed by atoms with E-state index in [0.717, 1.165) is 29.6 Å². The molecule has 0 unspecified atom stereocenters. The average molecular weight is 296 g/mol. The van der Waals surface area contributed by atoms with Gasteiger partial charge in [0, 0.05) is 16.9 Å². The number of rotatable bonds is 0. The van der Waals surface area contributed by atoms with Gasteiger partial charge in [-0.2, -0.15) is 0 Å². The minimum absolute atomic E-state index is 0.287. The number of phenolic OH excluding ortho intramolecular Hbond substituents is 1. The van der Waals surface area contributed by atoms with E-state index < -0.39 is 0 Å². The van der Waals surface area contributed by atoms with Gasteiger partial charge in [-0.15, -0.1) is 0 Å². The lowest BCUT2D eigenvalue weighted by Gasteiger charge is -2.35. The third-order valence-electron chi connectivity index (χ3n) is 5.69. The van der Waals surface area contributed by atoms with E-state index in [4.69, 9.17) is 4.42 Å². The second-order valence-corrected chi connectivity index (χ2v) is 7.66. The lowest BCUT2D eigenvalue weighted by atomic mass is 9.70. The molecule has 2 nitrogen and oxygen atoms in total. The normalized spacial score (nSPS) is 24.0. The third-order valence-corrected chi connectivity index (χ3v) is 5.69. The van der Waals surface area contributed by atoms with E-state index in [2.05, 4.69) is 20.8 Å². The molecule has 116 valence electrons. The molecule has 2 heteroatoms. The second kappa shape index (κ2) is 4.65. The summed E-state index contributed by atoms with van der Waals surface area (Å²) in [5, 5.41) is 11.0. The molecule has 1 aromatic carbocycles. The van der Waals surface area contributed by atoms with Crippen LogP contribution in [0, 0.1) is 5.41 Å². The van der Waals surface area contributed by atoms with Gasteiger partial charge in [-0.25, -0.2) is 0 Å². The standard InChI is InChI=1S/C20H24O2/c1-12-6-8-16-14(5-4-10-20(16,2)3)18-15-11-13(21)7-9-17(15)22-19(12)18/h7,9,11-12,21H,4-6,8,10H2,1-3H3/t12-/m1/s1. The van der Waals surface area contributed by atoms with Crippen LogP contribution in [0.3, 0.4) is 0 Å². The summed E-state index contributed by atoms with van der Waals surface area (Å²) >= 11 is 0. The van der Waals surface area contributed by atoms with Crippen molar-refractivity contribution >= 4 is 16.5 Å². The Labute approximate surface area is 131 Å². The molecule has 1 N–H and O–H groups in total. The van der Waals surface area contributed by atoms with Gasteiger partial charge in [0.2, 0.25) is 0 Å². The number of benzene rings is 1. The number of phenols is 1. The molecular weight excluding hydrogens is 272 g/mol. The molecule has 2 aromatic rings. The smallest absolute Gasteiger partial charge is 0.135 e. The fourth-order valence-electron chi connectivity index (χ4n) is 4.44. The molecule has 2 aliphatic carbocycles. The van der Waals surface area contributed by atoms with E-state index in [0.29, 0.717) is 11.7 Å². The minimum Gasteiger partial charge on any atom is -0.508 e. The van der Waals surface area contributed by atoms with Crippen LogP contribution in [0.25, 0.3) is 16.5 Å². The quantitative estimate of drug-likeness (QED) is 0.647. The third kappa shape index (κ3) is 1.93. The number of furan rings is 1. The molecule has 0 radical (unpaired) electrons. The summed E-state index contributed by atoms with van der Waals surface area (Å²) in [5.74, 6) is 1.89. The van der Waals surface area contributed by atoms with Gasteiger partial charge in [0.25, 0.3) is 0 Å². The van der Waals surface area contributed by atoms with E-state index in [1.165, 1.54) is 30.4 Å². The van der Waals surface area contributed by atoms with Gasteiger partial charge < -0.3 is 9.52 Å². The van der Waals surface area contributed by atoms with Crippen molar-refractivity contribution in [3.05, 3.63) is 35.1 Å². The summed E-state index contributed by atoms with van der Waals surface area (Å²) in [7, 11) is 0. The summed E-state index contributed by atoms with van der Waals surface area (Å²) in [5.41, 5.74) is 5.61. The Morgan fingerprint density at radius 3 is 2.86 bits per heavy atom. The topological polar surface area (TPSA) is 33.4 Å². The lowest BCUT2D eigenvalue weighted by molar-refractivity contribution is 0.364. The molecular formula is C20H24O2. The van der Waals surface area contributed by atoms with Gasteiger partial charge >= 0.3 is 0 Å². The molecule has 4 rings (SSSR count). The first-order valence-electron chi connectivity index (χ1n) is 8.45. The number of hydrogen-bond donors (Lipinski definition) is 1. The number of hydrogen-bond acceptors (Lipinski definition) is 2. The Morgan fingerprint density at radius 2 is 2.05 bits per heavy atom. The van der Waals surface area contributed by atoms with Gasteiger partial charge in [0.05, 0.1) is 0 Å². The fraction of sp³-hybridized carbons (Fsp3) is 0.500. The maximum Gasteiger partial charge on any atom is 0.135 e. The van der Waals surface area contributed by atoms with Crippen molar-refractivity contribution in [2.75, 3.05) is 0 Å². The van der Waals surface area contributed by atoms with E-state index in [-0.39, 0.29) is 5.41 Å². The fourth-order valence-corrected chi connectivity index (χ4v) is 4.44. The van der Waals surface area contributed by atoms with Crippen molar-refractivity contribution in [3.63, 3.8) is 0 Å². The Bertz CT molecular complexity index is 776. The molecule has 0 aliphatic heterocycles. The maximum atomic E-state index is 9.93. The Morgan fingerprint density at radius 1 is 1.23 bits per heavy atom. The molecule has 0 saturated heterocycles. The van der Waals surface area contributed by atoms with Crippen molar-refractivity contribution in [2.24, 2.45) is 5.41 Å². The molecule has 0 fully saturated rings. The molecule has 1 atom stereocenters. The van der Waals surface area contributed by atoms with Crippen LogP contribution in [0.15, 0.2) is 28.2 Å². The Kier molecular flexibility index (Phi) is 2.94. The zero-order valence-electron chi connectivity index (χ0n) is 13.7. The van der Waals surface area contributed by atoms with Crippen LogP contribution >= 0.6 is 0 Å². The number of fused-ring (bicyclic) bond motifs is 4. The molecule has 0 spiro atoms. The van der Waals surface area contributed by atoms with Gasteiger partial charge in [0.15, 0.2) is 0 Å². The molecule has 2 aliphatic rings. The highest BCUT2D eigenvalue weighted by Gasteiger charge is 2.35. The first-order valence-corrected chi connectivity index (χ1v) is 8.45. The van der Waals surface area contributed by atoms with Crippen LogP contribution in [0.2, 0.25) is 0 Å². The predicted octanol–water partition coefficient (Wildman–Crippen LogP) is 6.00. The highest BCUT2D eigenvalue weighted by atomic mass is 16.3. The zero-order chi connectivity index (χ0) is 15.5. The van der Waals surface area contributed by atoms with Crippen molar-refractivity contribution in [1.29, 1.82) is 0 Å². The van der Waals surface area contributed by atoms with E-state index in [1.807, 2.05) is 12.1 Å². The van der Waals surface area contributed by atoms with E-state index >= 15 is 0 Å². The predicted molar refractivity (Wildman–Crippen MR) is 90.1 cm³/mol. The monoisotopic (exact) mass is 296 g/mol. The molecule has 1 heterocycles. The summed E-state index contributed by atoms with van der Waals surface area (Å²) < 4.78 is 6.21. The van der Waals surface area contributed by atoms with Gasteiger partial charge in [-0.1, -0.05) is 26.3 Å². The number of allylic oxidation sites excluding steroid dienone is 2. The Hall–Kier alpha value is -1.70. The zero-order valence-corrected chi connectivity index (χ0v) is 13.7. The summed E-state index contributed by atoms with van der Waals surface area (Å²) in [4.78, 5) is 0. The molecule has 22 heavy (non-hydrogen) atoms. The van der Waals surface area contributed by atoms with Gasteiger partial charge in [-0.3, -0.25) is 0 Å². The van der Waals surface area contributed by atoms with Gasteiger partial charge in [0.1, 0.15) is 17.1 Å². The van der Waals surface area contributed by atoms with Crippen molar-refractivity contribution in [3.8, 4) is 5.75 Å². The summed E-state index contributed by atoms with van der Waals surface area (Å²) in [6, 6.07) is 5.50. The van der Waals surface area contributed by atoms with Crippen LogP contribution in [0.4, 0.5) is 0 Å². The maximum absolute atomic E-state index is 9.93. The summed E-state index contributed by atoms with van der Waals surface area (Å²) in [6.07, 6.45) is 5.99. The van der Waals surface area contributed by atoms with Crippen LogP contribution in [-0.2, 0) is 0 Å². The number of aromatic hydroxyl groups is 1. The molecule has 0 saturated carbocycles. The minimum atomic E-state index is 0.287. The van der Waals surface area contributed by atoms with Crippen molar-refractivity contribution < 1.29 is 9.52 Å². The molecule has 0 amide bonds. The first-order chi connectivity index (χ1) is 10.5. The van der Waals surface area contributed by atoms with Crippen LogP contribution in [0.1, 0.15) is 70.1 Å². The Balaban J connectivity index is 2.06. The van der Waals surface area contributed by atoms with Gasteiger partial charge in [-0.05, 0) is 61.3 Å². The van der Waals surface area contributed by atoms with E-state index in [1.54, 1.807) is 11.6 Å². The average Bonchev–Trinajstić information content (AvgIpc) is 2.76.